The maximum atomic E-state index is 9.04. The van der Waals surface area contributed by atoms with E-state index in [4.69, 9.17) is 15.6 Å². The van der Waals surface area contributed by atoms with Gasteiger partial charge in [0.25, 0.3) is 0 Å². The number of aromatic amines is 1. The first kappa shape index (κ1) is 18.0. The van der Waals surface area contributed by atoms with Crippen LogP contribution in [0.4, 0.5) is 0 Å². The molecule has 0 bridgehead atoms. The lowest BCUT2D eigenvalue weighted by atomic mass is 10.1. The van der Waals surface area contributed by atoms with E-state index in [1.54, 1.807) is 18.6 Å². The monoisotopic (exact) mass is 376 g/mol. The molecule has 4 N–H and O–H groups in total. The van der Waals surface area contributed by atoms with Crippen molar-refractivity contribution in [1.29, 1.82) is 0 Å². The first-order valence-electron chi connectivity index (χ1n) is 8.93. The Hall–Kier alpha value is -3.36. The fourth-order valence-electron chi connectivity index (χ4n) is 2.82. The van der Waals surface area contributed by atoms with Crippen LogP contribution in [0.3, 0.4) is 0 Å². The molecule has 142 valence electrons. The van der Waals surface area contributed by atoms with Gasteiger partial charge >= 0.3 is 0 Å². The Morgan fingerprint density at radius 2 is 1.93 bits per heavy atom. The summed E-state index contributed by atoms with van der Waals surface area (Å²) in [6.07, 6.45) is 5.46. The highest BCUT2D eigenvalue weighted by Crippen LogP contribution is 2.23. The first-order chi connectivity index (χ1) is 13.7. The van der Waals surface area contributed by atoms with Gasteiger partial charge in [0, 0.05) is 48.3 Å². The number of hydrogen-bond acceptors (Lipinski definition) is 7. The number of H-pyrrole nitrogens is 1. The van der Waals surface area contributed by atoms with Crippen LogP contribution in [0.15, 0.2) is 64.8 Å². The molecule has 2 atom stereocenters. The lowest BCUT2D eigenvalue weighted by Crippen LogP contribution is -2.27. The van der Waals surface area contributed by atoms with Crippen molar-refractivity contribution in [2.24, 2.45) is 15.7 Å². The van der Waals surface area contributed by atoms with Crippen LogP contribution in [0, 0.1) is 0 Å². The predicted molar refractivity (Wildman–Crippen MR) is 107 cm³/mol. The Bertz CT molecular complexity index is 965. The van der Waals surface area contributed by atoms with Gasteiger partial charge in [0.1, 0.15) is 11.9 Å². The summed E-state index contributed by atoms with van der Waals surface area (Å²) in [5.74, 6) is 1.19. The van der Waals surface area contributed by atoms with E-state index in [9.17, 15) is 0 Å². The predicted octanol–water partition coefficient (Wildman–Crippen LogP) is 2.17. The van der Waals surface area contributed by atoms with Crippen molar-refractivity contribution in [3.05, 3.63) is 60.4 Å². The summed E-state index contributed by atoms with van der Waals surface area (Å²) in [6, 6.07) is 12.9. The summed E-state index contributed by atoms with van der Waals surface area (Å²) < 4.78 is 5.80. The molecular weight excluding hydrogens is 356 g/mol. The second kappa shape index (κ2) is 8.12. The number of aromatic nitrogens is 3. The Morgan fingerprint density at radius 1 is 1.11 bits per heavy atom. The number of nitrogens with one attached hydrogen (secondary N) is 1. The number of ether oxygens (including phenoxy) is 1. The first-order valence-corrected chi connectivity index (χ1v) is 8.93. The highest BCUT2D eigenvalue weighted by atomic mass is 16.5. The van der Waals surface area contributed by atoms with Gasteiger partial charge in [-0.3, -0.25) is 15.1 Å². The molecule has 0 spiro atoms. The Kier molecular flexibility index (Phi) is 5.22. The van der Waals surface area contributed by atoms with Crippen molar-refractivity contribution in [3.8, 4) is 22.9 Å². The van der Waals surface area contributed by atoms with Crippen LogP contribution in [-0.4, -0.2) is 51.0 Å². The van der Waals surface area contributed by atoms with Crippen LogP contribution < -0.4 is 10.5 Å². The molecule has 0 aliphatic carbocycles. The number of rotatable bonds is 7. The smallest absolute Gasteiger partial charge is 0.219 e. The summed E-state index contributed by atoms with van der Waals surface area (Å²) in [6.45, 7) is -0.0696. The standard InChI is InChI=1S/C20H20N6O2/c21-15(12-27)9-19-22-11-18(25-19)13-1-4-16(5-2-13)28-20-6-3-14(10-23-20)17-7-8-24-26-17/h1-8,10-11,15,19,27H,9,12,21H2,(H,24,26)/t15-,19?/m0/s1. The summed E-state index contributed by atoms with van der Waals surface area (Å²) >= 11 is 0. The van der Waals surface area contributed by atoms with Crippen LogP contribution in [-0.2, 0) is 0 Å². The number of nitrogens with zero attached hydrogens (tertiary/aromatic N) is 4. The third-order valence-corrected chi connectivity index (χ3v) is 4.33. The third-order valence-electron chi connectivity index (χ3n) is 4.33. The highest BCUT2D eigenvalue weighted by Gasteiger charge is 2.16. The third kappa shape index (κ3) is 4.13. The summed E-state index contributed by atoms with van der Waals surface area (Å²) in [5, 5.41) is 15.9. The molecule has 1 unspecified atom stereocenters. The lowest BCUT2D eigenvalue weighted by molar-refractivity contribution is 0.255. The number of aliphatic imine (C=N–C) groups is 2. The maximum absolute atomic E-state index is 9.04. The van der Waals surface area contributed by atoms with Crippen LogP contribution >= 0.6 is 0 Å². The number of hydrogen-bond donors (Lipinski definition) is 3. The number of benzene rings is 1. The SMILES string of the molecule is N[C@H](CO)CC1N=CC(c2ccc(Oc3ccc(-c4ccn[nH]4)cn3)cc2)=N1. The largest absolute Gasteiger partial charge is 0.439 e. The molecule has 3 aromatic rings. The number of nitrogens with two attached hydrogens (primary N) is 1. The Morgan fingerprint density at radius 3 is 2.61 bits per heavy atom. The van der Waals surface area contributed by atoms with Crippen LogP contribution in [0.25, 0.3) is 11.3 Å². The van der Waals surface area contributed by atoms with E-state index in [2.05, 4.69) is 25.2 Å². The molecule has 0 radical (unpaired) electrons. The van der Waals surface area contributed by atoms with Gasteiger partial charge < -0.3 is 15.6 Å². The Balaban J connectivity index is 1.40. The zero-order valence-electron chi connectivity index (χ0n) is 15.1. The summed E-state index contributed by atoms with van der Waals surface area (Å²) in [5.41, 5.74) is 9.33. The molecule has 8 heteroatoms. The number of aliphatic hydroxyl groups is 1. The van der Waals surface area contributed by atoms with Crippen molar-refractivity contribution in [3.63, 3.8) is 0 Å². The number of pyridine rings is 1. The van der Waals surface area contributed by atoms with E-state index >= 15 is 0 Å². The van der Waals surface area contributed by atoms with Gasteiger partial charge in [-0.15, -0.1) is 0 Å². The van der Waals surface area contributed by atoms with Gasteiger partial charge in [-0.25, -0.2) is 4.98 Å². The molecule has 4 rings (SSSR count). The minimum Gasteiger partial charge on any atom is -0.439 e. The van der Waals surface area contributed by atoms with Crippen LogP contribution in [0.5, 0.6) is 11.6 Å². The Labute approximate surface area is 161 Å². The van der Waals surface area contributed by atoms with E-state index in [1.165, 1.54) is 0 Å². The second-order valence-electron chi connectivity index (χ2n) is 6.43. The minimum absolute atomic E-state index is 0.0696. The zero-order chi connectivity index (χ0) is 19.3. The molecule has 3 heterocycles. The van der Waals surface area contributed by atoms with E-state index in [1.807, 2.05) is 42.5 Å². The fourth-order valence-corrected chi connectivity index (χ4v) is 2.82. The van der Waals surface area contributed by atoms with Gasteiger partial charge in [0.2, 0.25) is 5.88 Å². The molecule has 1 aromatic carbocycles. The summed E-state index contributed by atoms with van der Waals surface area (Å²) in [7, 11) is 0. The number of aliphatic hydroxyl groups excluding tert-OH is 1. The van der Waals surface area contributed by atoms with Crippen LogP contribution in [0.1, 0.15) is 12.0 Å². The minimum atomic E-state index is -0.312. The van der Waals surface area contributed by atoms with Crippen LogP contribution in [0.2, 0.25) is 0 Å². The fraction of sp³-hybridized carbons (Fsp3) is 0.200. The molecular formula is C20H20N6O2. The molecule has 1 aliphatic rings. The average Bonchev–Trinajstić information content (AvgIpc) is 3.41. The summed E-state index contributed by atoms with van der Waals surface area (Å²) in [4.78, 5) is 13.2. The molecule has 2 aromatic heterocycles. The zero-order valence-corrected chi connectivity index (χ0v) is 15.1. The molecule has 0 saturated heterocycles. The highest BCUT2D eigenvalue weighted by molar-refractivity contribution is 6.39. The van der Waals surface area contributed by atoms with Crippen molar-refractivity contribution in [1.82, 2.24) is 15.2 Å². The second-order valence-corrected chi connectivity index (χ2v) is 6.43. The topological polar surface area (TPSA) is 122 Å². The van der Waals surface area contributed by atoms with Crippen molar-refractivity contribution in [2.45, 2.75) is 18.6 Å². The molecule has 0 saturated carbocycles. The average molecular weight is 376 g/mol. The van der Waals surface area contributed by atoms with Crippen molar-refractivity contribution < 1.29 is 9.84 Å². The molecule has 28 heavy (non-hydrogen) atoms. The molecule has 0 amide bonds. The van der Waals surface area contributed by atoms with E-state index < -0.39 is 0 Å². The van der Waals surface area contributed by atoms with Gasteiger partial charge in [0.05, 0.1) is 18.0 Å². The van der Waals surface area contributed by atoms with Gasteiger partial charge in [-0.05, 0) is 36.4 Å². The van der Waals surface area contributed by atoms with Gasteiger partial charge in [-0.1, -0.05) is 0 Å². The van der Waals surface area contributed by atoms with Gasteiger partial charge in [-0.2, -0.15) is 5.10 Å². The molecule has 0 fully saturated rings. The van der Waals surface area contributed by atoms with Crippen molar-refractivity contribution >= 4 is 11.9 Å². The maximum Gasteiger partial charge on any atom is 0.219 e. The van der Waals surface area contributed by atoms with Gasteiger partial charge in [0.15, 0.2) is 0 Å². The molecule has 1 aliphatic heterocycles. The normalized spacial score (nSPS) is 16.8. The molecule has 8 nitrogen and oxygen atoms in total. The quantitative estimate of drug-likeness (QED) is 0.583. The lowest BCUT2D eigenvalue weighted by Gasteiger charge is -2.09. The van der Waals surface area contributed by atoms with E-state index in [0.29, 0.717) is 18.1 Å². The van der Waals surface area contributed by atoms with E-state index in [-0.39, 0.29) is 18.8 Å². The van der Waals surface area contributed by atoms with E-state index in [0.717, 1.165) is 22.5 Å². The van der Waals surface area contributed by atoms with Crippen molar-refractivity contribution in [2.75, 3.05) is 6.61 Å².